The van der Waals surface area contributed by atoms with Gasteiger partial charge in [0.25, 0.3) is 0 Å². The first-order valence-electron chi connectivity index (χ1n) is 12.7. The summed E-state index contributed by atoms with van der Waals surface area (Å²) in [6.45, 7) is 4.47. The molecule has 0 spiro atoms. The predicted molar refractivity (Wildman–Crippen MR) is 155 cm³/mol. The molecular formula is C30H29ClN4O2S. The Morgan fingerprint density at radius 2 is 1.92 bits per heavy atom. The van der Waals surface area contributed by atoms with Gasteiger partial charge in [-0.3, -0.25) is 9.78 Å². The van der Waals surface area contributed by atoms with Crippen LogP contribution in [0.4, 0.5) is 5.69 Å². The lowest BCUT2D eigenvalue weighted by Crippen LogP contribution is -2.32. The molecule has 2 aromatic carbocycles. The molecule has 0 saturated carbocycles. The molecule has 38 heavy (non-hydrogen) atoms. The number of benzene rings is 2. The van der Waals surface area contributed by atoms with Crippen LogP contribution in [0.15, 0.2) is 83.4 Å². The molecule has 3 heterocycles. The highest BCUT2D eigenvalue weighted by molar-refractivity contribution is 7.80. The maximum absolute atomic E-state index is 12.9. The van der Waals surface area contributed by atoms with Crippen molar-refractivity contribution in [2.24, 2.45) is 0 Å². The van der Waals surface area contributed by atoms with Gasteiger partial charge >= 0.3 is 0 Å². The van der Waals surface area contributed by atoms with E-state index in [0.29, 0.717) is 16.7 Å². The number of rotatable bonds is 8. The van der Waals surface area contributed by atoms with Crippen LogP contribution in [0.25, 0.3) is 11.3 Å². The summed E-state index contributed by atoms with van der Waals surface area (Å²) in [7, 11) is 0. The zero-order valence-corrected chi connectivity index (χ0v) is 22.9. The number of carbonyl (C=O) groups is 1. The first kappa shape index (κ1) is 25.9. The van der Waals surface area contributed by atoms with Crippen molar-refractivity contribution >= 4 is 40.5 Å². The summed E-state index contributed by atoms with van der Waals surface area (Å²) in [5, 5.41) is 7.72. The van der Waals surface area contributed by atoms with E-state index in [1.165, 1.54) is 0 Å². The maximum Gasteiger partial charge on any atom is 0.226 e. The number of aryl methyl sites for hydroxylation is 1. The van der Waals surface area contributed by atoms with E-state index in [1.807, 2.05) is 84.6 Å². The molecule has 1 aliphatic heterocycles. The standard InChI is InChI=1S/C30H29ClN4O2S/c1-3-20-9-4-5-12-23(20)33-27(36)16-18-35-29(28(34-30(35)38)24-13-6-7-17-32-24)26-15-14-25(37-26)21-10-8-11-22(31)19(21)2/h4-15,17,28-29H,3,16,18H2,1-2H3,(H,33,36)(H,34,38)/t28-,29+/m1/s1. The number of carbonyl (C=O) groups excluding carboxylic acids is 1. The zero-order valence-electron chi connectivity index (χ0n) is 21.3. The third-order valence-electron chi connectivity index (χ3n) is 6.90. The molecule has 1 fully saturated rings. The highest BCUT2D eigenvalue weighted by atomic mass is 35.5. The van der Waals surface area contributed by atoms with Gasteiger partial charge in [0.15, 0.2) is 5.11 Å². The number of furan rings is 1. The fourth-order valence-corrected chi connectivity index (χ4v) is 5.38. The van der Waals surface area contributed by atoms with Crippen LogP contribution in [0.5, 0.6) is 0 Å². The van der Waals surface area contributed by atoms with Crippen molar-refractivity contribution in [3.63, 3.8) is 0 Å². The Labute approximate surface area is 233 Å². The van der Waals surface area contributed by atoms with Gasteiger partial charge in [-0.2, -0.15) is 0 Å². The summed E-state index contributed by atoms with van der Waals surface area (Å²) in [5.41, 5.74) is 4.69. The Kier molecular flexibility index (Phi) is 7.77. The van der Waals surface area contributed by atoms with E-state index < -0.39 is 0 Å². The van der Waals surface area contributed by atoms with Crippen LogP contribution < -0.4 is 10.6 Å². The average Bonchev–Trinajstić information content (AvgIpc) is 3.54. The van der Waals surface area contributed by atoms with Gasteiger partial charge < -0.3 is 20.0 Å². The second-order valence-electron chi connectivity index (χ2n) is 9.24. The molecule has 2 N–H and O–H groups in total. The lowest BCUT2D eigenvalue weighted by atomic mass is 10.0. The molecule has 8 heteroatoms. The van der Waals surface area contributed by atoms with Crippen LogP contribution in [0.1, 0.15) is 48.0 Å². The summed E-state index contributed by atoms with van der Waals surface area (Å²) in [6, 6.07) is 22.9. The van der Waals surface area contributed by atoms with Crippen LogP contribution in [0.3, 0.4) is 0 Å². The Balaban J connectivity index is 1.41. The number of nitrogens with zero attached hydrogens (tertiary/aromatic N) is 2. The molecule has 5 rings (SSSR count). The maximum atomic E-state index is 12.9. The number of nitrogens with one attached hydrogen (secondary N) is 2. The third kappa shape index (κ3) is 5.30. The first-order valence-corrected chi connectivity index (χ1v) is 13.5. The normalized spacial score (nSPS) is 16.9. The topological polar surface area (TPSA) is 70.4 Å². The number of thiocarbonyl (C=S) groups is 1. The fraction of sp³-hybridized carbons (Fsp3) is 0.233. The Morgan fingerprint density at radius 1 is 1.11 bits per heavy atom. The number of para-hydroxylation sites is 1. The minimum atomic E-state index is -0.277. The molecule has 1 amide bonds. The monoisotopic (exact) mass is 544 g/mol. The SMILES string of the molecule is CCc1ccccc1NC(=O)CCN1C(=S)N[C@H](c2ccccn2)[C@@H]1c1ccc(-c2cccc(Cl)c2C)o1. The molecule has 0 bridgehead atoms. The van der Waals surface area contributed by atoms with Crippen molar-refractivity contribution in [1.29, 1.82) is 0 Å². The summed E-state index contributed by atoms with van der Waals surface area (Å²) in [5.74, 6) is 1.40. The second kappa shape index (κ2) is 11.4. The largest absolute Gasteiger partial charge is 0.459 e. The molecule has 0 radical (unpaired) electrons. The van der Waals surface area contributed by atoms with Gasteiger partial charge in [0, 0.05) is 35.4 Å². The molecule has 6 nitrogen and oxygen atoms in total. The van der Waals surface area contributed by atoms with Gasteiger partial charge in [0.05, 0.1) is 11.7 Å². The van der Waals surface area contributed by atoms with E-state index in [1.54, 1.807) is 6.20 Å². The van der Waals surface area contributed by atoms with E-state index in [9.17, 15) is 4.79 Å². The Hall–Kier alpha value is -3.68. The van der Waals surface area contributed by atoms with Gasteiger partial charge in [0.2, 0.25) is 5.91 Å². The average molecular weight is 545 g/mol. The van der Waals surface area contributed by atoms with Gasteiger partial charge in [-0.15, -0.1) is 0 Å². The lowest BCUT2D eigenvalue weighted by Gasteiger charge is -2.26. The van der Waals surface area contributed by atoms with E-state index in [0.717, 1.165) is 46.0 Å². The first-order chi connectivity index (χ1) is 18.5. The van der Waals surface area contributed by atoms with Crippen molar-refractivity contribution in [3.05, 3.63) is 107 Å². The summed E-state index contributed by atoms with van der Waals surface area (Å²) >= 11 is 12.1. The van der Waals surface area contributed by atoms with E-state index in [2.05, 4.69) is 22.5 Å². The van der Waals surface area contributed by atoms with Gasteiger partial charge in [-0.25, -0.2) is 0 Å². The molecule has 1 saturated heterocycles. The van der Waals surface area contributed by atoms with Crippen molar-refractivity contribution in [2.75, 3.05) is 11.9 Å². The second-order valence-corrected chi connectivity index (χ2v) is 10.0. The molecule has 1 aliphatic rings. The molecular weight excluding hydrogens is 516 g/mol. The minimum absolute atomic E-state index is 0.0663. The minimum Gasteiger partial charge on any atom is -0.459 e. The zero-order chi connectivity index (χ0) is 26.6. The number of amides is 1. The fourth-order valence-electron chi connectivity index (χ4n) is 4.87. The molecule has 0 aliphatic carbocycles. The van der Waals surface area contributed by atoms with Crippen molar-refractivity contribution in [3.8, 4) is 11.3 Å². The highest BCUT2D eigenvalue weighted by Crippen LogP contribution is 2.41. The van der Waals surface area contributed by atoms with Gasteiger partial charge in [-0.05, 0) is 73.1 Å². The number of hydrogen-bond donors (Lipinski definition) is 2. The lowest BCUT2D eigenvalue weighted by molar-refractivity contribution is -0.116. The summed E-state index contributed by atoms with van der Waals surface area (Å²) < 4.78 is 6.42. The summed E-state index contributed by atoms with van der Waals surface area (Å²) in [6.07, 6.45) is 2.88. The van der Waals surface area contributed by atoms with Gasteiger partial charge in [0.1, 0.15) is 17.6 Å². The van der Waals surface area contributed by atoms with Crippen LogP contribution in [0, 0.1) is 6.92 Å². The number of hydrogen-bond acceptors (Lipinski definition) is 4. The third-order valence-corrected chi connectivity index (χ3v) is 7.66. The smallest absolute Gasteiger partial charge is 0.226 e. The van der Waals surface area contributed by atoms with Crippen LogP contribution >= 0.6 is 23.8 Å². The molecule has 0 unspecified atom stereocenters. The highest BCUT2D eigenvalue weighted by Gasteiger charge is 2.41. The number of halogens is 1. The summed E-state index contributed by atoms with van der Waals surface area (Å²) in [4.78, 5) is 19.5. The number of anilines is 1. The molecule has 4 aromatic rings. The van der Waals surface area contributed by atoms with E-state index >= 15 is 0 Å². The quantitative estimate of drug-likeness (QED) is 0.236. The van der Waals surface area contributed by atoms with Crippen LogP contribution in [0.2, 0.25) is 5.02 Å². The number of aromatic nitrogens is 1. The van der Waals surface area contributed by atoms with Crippen LogP contribution in [-0.4, -0.2) is 27.4 Å². The predicted octanol–water partition coefficient (Wildman–Crippen LogP) is 6.87. The van der Waals surface area contributed by atoms with E-state index in [4.69, 9.17) is 28.2 Å². The molecule has 194 valence electrons. The van der Waals surface area contributed by atoms with Crippen molar-refractivity contribution in [1.82, 2.24) is 15.2 Å². The van der Waals surface area contributed by atoms with E-state index in [-0.39, 0.29) is 24.4 Å². The Bertz CT molecular complexity index is 1460. The van der Waals surface area contributed by atoms with Crippen molar-refractivity contribution in [2.45, 2.75) is 38.8 Å². The van der Waals surface area contributed by atoms with Gasteiger partial charge in [-0.1, -0.05) is 54.9 Å². The Morgan fingerprint density at radius 3 is 2.71 bits per heavy atom. The molecule has 2 atom stereocenters. The van der Waals surface area contributed by atoms with Crippen LogP contribution in [-0.2, 0) is 11.2 Å². The number of pyridine rings is 1. The molecule has 2 aromatic heterocycles. The van der Waals surface area contributed by atoms with Crippen molar-refractivity contribution < 1.29 is 9.21 Å².